The first kappa shape index (κ1) is 11.6. The predicted molar refractivity (Wildman–Crippen MR) is 91.4 cm³/mol. The Kier molecular flexibility index (Phi) is 2.01. The van der Waals surface area contributed by atoms with Gasteiger partial charge in [-0.1, -0.05) is 54.6 Å². The van der Waals surface area contributed by atoms with E-state index in [-0.39, 0.29) is 10.9 Å². The Hall–Kier alpha value is -3.00. The number of hydrogen-bond donors (Lipinski definition) is 0. The molecule has 0 unspecified atom stereocenters. The second-order valence-corrected chi connectivity index (χ2v) is 5.66. The Morgan fingerprint density at radius 3 is 1.50 bits per heavy atom. The molecule has 0 aliphatic heterocycles. The number of hydrogen-bond acceptors (Lipinski definition) is 2. The lowest BCUT2D eigenvalue weighted by Gasteiger charge is -2.12. The summed E-state index contributed by atoms with van der Waals surface area (Å²) in [6.07, 6.45) is 0. The van der Waals surface area contributed by atoms with Gasteiger partial charge in [-0.05, 0) is 33.0 Å². The molecule has 0 aliphatic rings. The molecule has 0 bridgehead atoms. The molecular formula is C20H10O2. The molecule has 0 radical (unpaired) electrons. The van der Waals surface area contributed by atoms with Crippen molar-refractivity contribution in [3.63, 3.8) is 0 Å². The Balaban J connectivity index is 2.27. The minimum Gasteiger partial charge on any atom is -0.285 e. The quantitative estimate of drug-likeness (QED) is 0.319. The second-order valence-electron chi connectivity index (χ2n) is 5.66. The van der Waals surface area contributed by atoms with Crippen LogP contribution in [-0.2, 0) is 0 Å². The maximum absolute atomic E-state index is 12.1. The molecule has 0 aliphatic carbocycles. The highest BCUT2D eigenvalue weighted by Gasteiger charge is 2.18. The summed E-state index contributed by atoms with van der Waals surface area (Å²) in [6, 6.07) is 20.0. The van der Waals surface area contributed by atoms with Crippen LogP contribution in [0.1, 0.15) is 0 Å². The van der Waals surface area contributed by atoms with Crippen molar-refractivity contribution in [2.45, 2.75) is 0 Å². The van der Waals surface area contributed by atoms with Crippen LogP contribution in [0.3, 0.4) is 0 Å². The van der Waals surface area contributed by atoms with Crippen LogP contribution >= 0.6 is 0 Å². The topological polar surface area (TPSA) is 34.1 Å². The summed E-state index contributed by atoms with van der Waals surface area (Å²) in [4.78, 5) is 23.8. The molecule has 5 rings (SSSR count). The summed E-state index contributed by atoms with van der Waals surface area (Å²) in [6.45, 7) is 0. The molecule has 5 aromatic rings. The molecule has 0 saturated heterocycles. The van der Waals surface area contributed by atoms with Crippen molar-refractivity contribution in [2.24, 2.45) is 0 Å². The zero-order valence-electron chi connectivity index (χ0n) is 11.6. The third-order valence-electron chi connectivity index (χ3n) is 4.59. The third kappa shape index (κ3) is 1.21. The van der Waals surface area contributed by atoms with E-state index in [1.165, 1.54) is 5.39 Å². The lowest BCUT2D eigenvalue weighted by molar-refractivity contribution is 1.56. The van der Waals surface area contributed by atoms with Gasteiger partial charge in [-0.2, -0.15) is 0 Å². The van der Waals surface area contributed by atoms with E-state index in [4.69, 9.17) is 0 Å². The average Bonchev–Trinajstić information content (AvgIpc) is 2.60. The summed E-state index contributed by atoms with van der Waals surface area (Å²) in [5.41, 5.74) is -0.727. The van der Waals surface area contributed by atoms with Gasteiger partial charge >= 0.3 is 0 Å². The van der Waals surface area contributed by atoms with Gasteiger partial charge in [0.05, 0.1) is 0 Å². The molecule has 0 heterocycles. The molecule has 22 heavy (non-hydrogen) atoms. The first-order valence-corrected chi connectivity index (χ1v) is 7.22. The number of rotatable bonds is 0. The smallest absolute Gasteiger partial charge is 0.234 e. The predicted octanol–water partition coefficient (Wildman–Crippen LogP) is 3.90. The van der Waals surface area contributed by atoms with Crippen molar-refractivity contribution in [1.82, 2.24) is 0 Å². The maximum atomic E-state index is 12.1. The molecule has 0 atom stereocenters. The van der Waals surface area contributed by atoms with Gasteiger partial charge in [-0.3, -0.25) is 9.59 Å². The van der Waals surface area contributed by atoms with Crippen molar-refractivity contribution in [1.29, 1.82) is 0 Å². The van der Waals surface area contributed by atoms with Crippen LogP contribution in [0, 0.1) is 0 Å². The molecule has 102 valence electrons. The van der Waals surface area contributed by atoms with Crippen LogP contribution in [0.4, 0.5) is 0 Å². The molecule has 0 amide bonds. The van der Waals surface area contributed by atoms with Gasteiger partial charge in [-0.15, -0.1) is 0 Å². The largest absolute Gasteiger partial charge is 0.285 e. The van der Waals surface area contributed by atoms with Gasteiger partial charge in [0.25, 0.3) is 0 Å². The van der Waals surface area contributed by atoms with Gasteiger partial charge in [0.2, 0.25) is 10.9 Å². The standard InChI is InChI=1S/C20H10O2/c21-19-16-10-9-15-13-7-2-1-5-11(13)12-6-3-4-8-14(12)17(15)18(16)20(19)22/h1-10H. The minimum absolute atomic E-state index is 0.360. The maximum Gasteiger partial charge on any atom is 0.234 e. The zero-order chi connectivity index (χ0) is 14.8. The van der Waals surface area contributed by atoms with Crippen molar-refractivity contribution in [3.8, 4) is 0 Å². The average molecular weight is 282 g/mol. The van der Waals surface area contributed by atoms with E-state index in [2.05, 4.69) is 18.2 Å². The van der Waals surface area contributed by atoms with Crippen molar-refractivity contribution in [2.75, 3.05) is 0 Å². The number of fused-ring (bicyclic) bond motifs is 8. The van der Waals surface area contributed by atoms with Crippen LogP contribution in [-0.4, -0.2) is 0 Å². The van der Waals surface area contributed by atoms with E-state index < -0.39 is 0 Å². The third-order valence-corrected chi connectivity index (χ3v) is 4.59. The fourth-order valence-corrected chi connectivity index (χ4v) is 3.59. The SMILES string of the molecule is O=c1c(=O)c2c1ccc1c3ccccc3c3ccccc3c12. The van der Waals surface area contributed by atoms with E-state index in [9.17, 15) is 9.59 Å². The molecule has 0 fully saturated rings. The minimum atomic E-state index is -0.367. The van der Waals surface area contributed by atoms with Gasteiger partial charge in [0.1, 0.15) is 0 Å². The molecule has 2 nitrogen and oxygen atoms in total. The van der Waals surface area contributed by atoms with Gasteiger partial charge in [0.15, 0.2) is 0 Å². The first-order chi connectivity index (χ1) is 10.8. The fourth-order valence-electron chi connectivity index (χ4n) is 3.59. The van der Waals surface area contributed by atoms with E-state index in [0.717, 1.165) is 26.9 Å². The molecule has 0 aromatic heterocycles. The summed E-state index contributed by atoms with van der Waals surface area (Å²) >= 11 is 0. The Morgan fingerprint density at radius 1 is 0.409 bits per heavy atom. The summed E-state index contributed by atoms with van der Waals surface area (Å²) in [5, 5.41) is 7.53. The van der Waals surface area contributed by atoms with Crippen LogP contribution in [0.15, 0.2) is 70.3 Å². The lowest BCUT2D eigenvalue weighted by atomic mass is 9.89. The highest BCUT2D eigenvalue weighted by molar-refractivity contribution is 6.31. The normalized spacial score (nSPS) is 12.0. The number of benzene rings is 4. The van der Waals surface area contributed by atoms with Crippen molar-refractivity contribution < 1.29 is 0 Å². The lowest BCUT2D eigenvalue weighted by Crippen LogP contribution is -2.30. The van der Waals surface area contributed by atoms with Crippen LogP contribution in [0.2, 0.25) is 0 Å². The van der Waals surface area contributed by atoms with Crippen molar-refractivity contribution in [3.05, 3.63) is 81.1 Å². The van der Waals surface area contributed by atoms with E-state index >= 15 is 0 Å². The van der Waals surface area contributed by atoms with E-state index in [1.54, 1.807) is 6.07 Å². The molecule has 0 saturated carbocycles. The summed E-state index contributed by atoms with van der Waals surface area (Å²) in [7, 11) is 0. The van der Waals surface area contributed by atoms with Crippen LogP contribution < -0.4 is 10.9 Å². The van der Waals surface area contributed by atoms with E-state index in [1.807, 2.05) is 36.4 Å². The highest BCUT2D eigenvalue weighted by Crippen LogP contribution is 2.37. The molecule has 0 spiro atoms. The van der Waals surface area contributed by atoms with Gasteiger partial charge in [-0.25, -0.2) is 0 Å². The Bertz CT molecular complexity index is 1270. The van der Waals surface area contributed by atoms with Gasteiger partial charge in [0, 0.05) is 16.2 Å². The summed E-state index contributed by atoms with van der Waals surface area (Å²) in [5.74, 6) is 0. The Morgan fingerprint density at radius 2 is 0.864 bits per heavy atom. The molecule has 5 aromatic carbocycles. The van der Waals surface area contributed by atoms with E-state index in [0.29, 0.717) is 10.8 Å². The fraction of sp³-hybridized carbons (Fsp3) is 0. The van der Waals surface area contributed by atoms with Crippen molar-refractivity contribution >= 4 is 43.1 Å². The van der Waals surface area contributed by atoms with Crippen LogP contribution in [0.5, 0.6) is 0 Å². The second kappa shape index (κ2) is 3.80. The Labute approximate surface area is 124 Å². The molecular weight excluding hydrogens is 272 g/mol. The summed E-state index contributed by atoms with van der Waals surface area (Å²) < 4.78 is 0. The highest BCUT2D eigenvalue weighted by atomic mass is 16.2. The van der Waals surface area contributed by atoms with Crippen LogP contribution in [0.25, 0.3) is 43.1 Å². The first-order valence-electron chi connectivity index (χ1n) is 7.22. The molecule has 0 N–H and O–H groups in total. The zero-order valence-corrected chi connectivity index (χ0v) is 11.6. The monoisotopic (exact) mass is 282 g/mol. The molecule has 2 heteroatoms. The van der Waals surface area contributed by atoms with Gasteiger partial charge < -0.3 is 0 Å².